The molecule has 0 aliphatic heterocycles. The van der Waals surface area contributed by atoms with Crippen LogP contribution < -0.4 is 5.73 Å². The Morgan fingerprint density at radius 2 is 1.69 bits per heavy atom. The molecule has 4 aromatic rings. The number of hydrogen-bond donors (Lipinski definition) is 3. The molecule has 0 amide bonds. The number of aromatic nitrogens is 3. The summed E-state index contributed by atoms with van der Waals surface area (Å²) in [5.74, 6) is 0.0773. The maximum absolute atomic E-state index is 11.4. The zero-order valence-electron chi connectivity index (χ0n) is 16.1. The van der Waals surface area contributed by atoms with Gasteiger partial charge in [-0.05, 0) is 43.3 Å². The number of nitrogen functional groups attached to an aromatic ring is 1. The highest BCUT2D eigenvalue weighted by Crippen LogP contribution is 2.34. The Bertz CT molecular complexity index is 1600. The highest BCUT2D eigenvalue weighted by molar-refractivity contribution is 7.86. The molecule has 15 heteroatoms. The zero-order valence-corrected chi connectivity index (χ0v) is 18.6. The minimum atomic E-state index is -4.41. The van der Waals surface area contributed by atoms with Crippen molar-refractivity contribution in [2.45, 2.75) is 16.7 Å². The van der Waals surface area contributed by atoms with Crippen LogP contribution in [-0.4, -0.2) is 40.7 Å². The molecular weight excluding hydrogens is 480 g/mol. The van der Waals surface area contributed by atoms with Gasteiger partial charge in [-0.15, -0.1) is 10.2 Å². The van der Waals surface area contributed by atoms with Crippen LogP contribution in [0.25, 0.3) is 15.9 Å². The van der Waals surface area contributed by atoms with Crippen LogP contribution in [0.15, 0.2) is 62.5 Å². The Morgan fingerprint density at radius 1 is 1.00 bits per heavy atom. The quantitative estimate of drug-likeness (QED) is 0.276. The normalized spacial score (nSPS) is 12.7. The maximum atomic E-state index is 11.4. The van der Waals surface area contributed by atoms with Gasteiger partial charge in [0.2, 0.25) is 5.13 Å². The van der Waals surface area contributed by atoms with Gasteiger partial charge in [0.15, 0.2) is 11.5 Å². The third-order valence-electron chi connectivity index (χ3n) is 4.31. The third-order valence-corrected chi connectivity index (χ3v) is 6.91. The van der Waals surface area contributed by atoms with Crippen molar-refractivity contribution in [1.29, 1.82) is 0 Å². The summed E-state index contributed by atoms with van der Waals surface area (Å²) in [6, 6.07) is 9.36. The van der Waals surface area contributed by atoms with Gasteiger partial charge in [-0.1, -0.05) is 17.4 Å². The van der Waals surface area contributed by atoms with Crippen LogP contribution in [0.3, 0.4) is 0 Å². The number of rotatable bonds is 5. The van der Waals surface area contributed by atoms with Gasteiger partial charge in [0.1, 0.15) is 0 Å². The van der Waals surface area contributed by atoms with Crippen LogP contribution in [0, 0.1) is 6.92 Å². The molecule has 0 aliphatic rings. The van der Waals surface area contributed by atoms with Gasteiger partial charge in [0.05, 0.1) is 31.4 Å². The highest BCUT2D eigenvalue weighted by Gasteiger charge is 2.17. The lowest BCUT2D eigenvalue weighted by molar-refractivity contribution is 0.481. The number of aryl methyl sites for hydroxylation is 1. The number of thiazole rings is 1. The molecule has 0 saturated carbocycles. The fourth-order valence-electron chi connectivity index (χ4n) is 2.82. The topological polar surface area (TPSA) is 190 Å². The first kappa shape index (κ1) is 22.0. The Balaban J connectivity index is 1.70. The van der Waals surface area contributed by atoms with Gasteiger partial charge in [0.25, 0.3) is 20.2 Å². The number of nitrogens with two attached hydrogens (primary N) is 1. The van der Waals surface area contributed by atoms with Crippen LogP contribution in [-0.2, 0) is 20.2 Å². The van der Waals surface area contributed by atoms with E-state index in [-0.39, 0.29) is 26.4 Å². The molecule has 0 aliphatic carbocycles. The summed E-state index contributed by atoms with van der Waals surface area (Å²) < 4.78 is 65.5. The summed E-state index contributed by atoms with van der Waals surface area (Å²) in [7, 11) is -8.75. The molecule has 32 heavy (non-hydrogen) atoms. The van der Waals surface area contributed by atoms with Crippen LogP contribution in [0.5, 0.6) is 0 Å². The summed E-state index contributed by atoms with van der Waals surface area (Å²) in [5.41, 5.74) is 7.51. The van der Waals surface area contributed by atoms with Crippen LogP contribution in [0.1, 0.15) is 5.69 Å². The van der Waals surface area contributed by atoms with Gasteiger partial charge in [-0.3, -0.25) is 9.11 Å². The lowest BCUT2D eigenvalue weighted by Crippen LogP contribution is -2.04. The predicted molar refractivity (Wildman–Crippen MR) is 116 cm³/mol. The van der Waals surface area contributed by atoms with Crippen molar-refractivity contribution in [2.75, 3.05) is 5.73 Å². The second kappa shape index (κ2) is 7.72. The van der Waals surface area contributed by atoms with E-state index in [1.807, 2.05) is 0 Å². The smallest absolute Gasteiger partial charge is 0.294 e. The molecule has 0 spiro atoms. The average Bonchev–Trinajstić information content (AvgIpc) is 3.24. The van der Waals surface area contributed by atoms with Gasteiger partial charge >= 0.3 is 0 Å². The zero-order chi connectivity index (χ0) is 23.3. The Morgan fingerprint density at radius 3 is 2.38 bits per heavy atom. The summed E-state index contributed by atoms with van der Waals surface area (Å²) in [6.07, 6.45) is 0. The SMILES string of the molecule is Cc1nn(-c2cccc(S(=O)(=O)O)c2)c(N)c1/N=N/c1nc2ccc(S(=O)(=O)O)cc2s1. The van der Waals surface area contributed by atoms with E-state index in [4.69, 9.17) is 5.73 Å². The van der Waals surface area contributed by atoms with Crippen LogP contribution in [0.2, 0.25) is 0 Å². The van der Waals surface area contributed by atoms with Crippen molar-refractivity contribution < 1.29 is 25.9 Å². The van der Waals surface area contributed by atoms with E-state index in [0.717, 1.165) is 11.3 Å². The van der Waals surface area contributed by atoms with Crippen molar-refractivity contribution in [3.63, 3.8) is 0 Å². The number of anilines is 1. The van der Waals surface area contributed by atoms with Crippen molar-refractivity contribution in [1.82, 2.24) is 14.8 Å². The van der Waals surface area contributed by atoms with E-state index < -0.39 is 20.2 Å². The standard InChI is InChI=1S/C17H14N6O6S3/c1-9-15(16(18)23(22-9)10-3-2-4-11(7-10)31(24,25)26)20-21-17-19-13-6-5-12(32(27,28)29)8-14(13)30-17/h2-8H,18H2,1H3,(H,24,25,26)(H,27,28,29)/b21-20+. The Labute approximate surface area is 185 Å². The van der Waals surface area contributed by atoms with Gasteiger partial charge in [-0.2, -0.15) is 21.9 Å². The average molecular weight is 495 g/mol. The van der Waals surface area contributed by atoms with Crippen LogP contribution >= 0.6 is 11.3 Å². The van der Waals surface area contributed by atoms with E-state index in [2.05, 4.69) is 20.3 Å². The molecule has 4 N–H and O–H groups in total. The molecule has 12 nitrogen and oxygen atoms in total. The minimum absolute atomic E-state index is 0.0773. The monoisotopic (exact) mass is 494 g/mol. The number of benzene rings is 2. The number of azo groups is 1. The van der Waals surface area contributed by atoms with E-state index in [9.17, 15) is 25.9 Å². The summed E-state index contributed by atoms with van der Waals surface area (Å²) >= 11 is 1.06. The fraction of sp³-hybridized carbons (Fsp3) is 0.0588. The van der Waals surface area contributed by atoms with Gasteiger partial charge in [0, 0.05) is 0 Å². The summed E-state index contributed by atoms with van der Waals surface area (Å²) in [4.78, 5) is 3.66. The first-order valence-electron chi connectivity index (χ1n) is 8.66. The van der Waals surface area contributed by atoms with E-state index >= 15 is 0 Å². The number of nitrogens with zero attached hydrogens (tertiary/aromatic N) is 5. The van der Waals surface area contributed by atoms with Crippen molar-refractivity contribution in [2.24, 2.45) is 10.2 Å². The molecule has 0 unspecified atom stereocenters. The molecule has 0 atom stereocenters. The first-order chi connectivity index (χ1) is 14.9. The molecule has 2 aromatic carbocycles. The lowest BCUT2D eigenvalue weighted by atomic mass is 10.3. The van der Waals surface area contributed by atoms with Crippen molar-refractivity contribution >= 4 is 58.4 Å². The molecule has 0 saturated heterocycles. The third kappa shape index (κ3) is 4.23. The van der Waals surface area contributed by atoms with Crippen molar-refractivity contribution in [3.8, 4) is 5.69 Å². The van der Waals surface area contributed by atoms with Gasteiger partial charge < -0.3 is 5.73 Å². The largest absolute Gasteiger partial charge is 0.382 e. The predicted octanol–water partition coefficient (Wildman–Crippen LogP) is 3.28. The Hall–Kier alpha value is -3.24. The molecule has 0 fully saturated rings. The molecule has 0 bridgehead atoms. The van der Waals surface area contributed by atoms with E-state index in [0.29, 0.717) is 21.6 Å². The minimum Gasteiger partial charge on any atom is -0.382 e. The second-order valence-electron chi connectivity index (χ2n) is 6.50. The van der Waals surface area contributed by atoms with Crippen LogP contribution in [0.4, 0.5) is 16.6 Å². The van der Waals surface area contributed by atoms with Gasteiger partial charge in [-0.25, -0.2) is 9.67 Å². The molecular formula is C17H14N6O6S3. The molecule has 2 aromatic heterocycles. The van der Waals surface area contributed by atoms with E-state index in [1.54, 1.807) is 13.0 Å². The molecule has 4 rings (SSSR count). The Kier molecular flexibility index (Phi) is 5.30. The fourth-order valence-corrected chi connectivity index (χ4v) is 4.75. The highest BCUT2D eigenvalue weighted by atomic mass is 32.2. The molecule has 166 valence electrons. The molecule has 0 radical (unpaired) electrons. The maximum Gasteiger partial charge on any atom is 0.294 e. The van der Waals surface area contributed by atoms with Crippen molar-refractivity contribution in [3.05, 3.63) is 48.2 Å². The molecule has 2 heterocycles. The lowest BCUT2D eigenvalue weighted by Gasteiger charge is -2.05. The summed E-state index contributed by atoms with van der Waals surface area (Å²) in [6.45, 7) is 1.63. The number of fused-ring (bicyclic) bond motifs is 1. The summed E-state index contributed by atoms with van der Waals surface area (Å²) in [5, 5.41) is 12.6. The first-order valence-corrected chi connectivity index (χ1v) is 12.4. The number of hydrogen-bond acceptors (Lipinski definition) is 10. The van der Waals surface area contributed by atoms with E-state index in [1.165, 1.54) is 41.1 Å². The second-order valence-corrected chi connectivity index (χ2v) is 10.4.